The Balaban J connectivity index is 0.000000151. The smallest absolute Gasteiger partial charge is 0.300 e. The number of hydrogen-bond acceptors (Lipinski definition) is 10. The Labute approximate surface area is 492 Å². The molecule has 0 radical (unpaired) electrons. The molecule has 12 heteroatoms. The Hall–Kier alpha value is -1.38. The van der Waals surface area contributed by atoms with Gasteiger partial charge in [0.05, 0.1) is 36.6 Å². The fourth-order valence-electron chi connectivity index (χ4n) is 23.2. The molecule has 0 aromatic rings. The van der Waals surface area contributed by atoms with Gasteiger partial charge in [-0.25, -0.2) is 0 Å². The van der Waals surface area contributed by atoms with Crippen molar-refractivity contribution < 1.29 is 38.3 Å². The van der Waals surface area contributed by atoms with Gasteiger partial charge in [-0.2, -0.15) is 0 Å². The molecule has 0 aromatic carbocycles. The molecule has 0 spiro atoms. The summed E-state index contributed by atoms with van der Waals surface area (Å²) in [7, 11) is 11.3. The molecule has 458 valence electrons. The average Bonchev–Trinajstić information content (AvgIpc) is 3.51. The predicted octanol–water partition coefficient (Wildman–Crippen LogP) is 13.0. The highest BCUT2D eigenvalue weighted by Crippen LogP contribution is 2.71. The lowest BCUT2D eigenvalue weighted by molar-refractivity contribution is -0.225. The Morgan fingerprint density at radius 2 is 0.625 bits per heavy atom. The molecule has 0 aliphatic heterocycles. The second kappa shape index (κ2) is 24.4. The number of ether oxygens (including phenoxy) is 6. The maximum absolute atomic E-state index is 9.00. The van der Waals surface area contributed by atoms with Crippen molar-refractivity contribution in [3.05, 3.63) is 36.5 Å². The predicted molar refractivity (Wildman–Crippen MR) is 324 cm³/mol. The molecule has 7 N–H and O–H groups in total. The topological polar surface area (TPSA) is 171 Å². The van der Waals surface area contributed by atoms with Gasteiger partial charge in [0.2, 0.25) is 0 Å². The van der Waals surface area contributed by atoms with E-state index in [4.69, 9.17) is 55.5 Å². The summed E-state index contributed by atoms with van der Waals surface area (Å²) in [5.74, 6) is 6.89. The molecule has 80 heavy (non-hydrogen) atoms. The zero-order valence-electron chi connectivity index (χ0n) is 52.5. The summed E-state index contributed by atoms with van der Waals surface area (Å²) in [5, 5.41) is 7.42. The summed E-state index contributed by atoms with van der Waals surface area (Å²) in [6, 6.07) is 0.972. The van der Waals surface area contributed by atoms with Crippen LogP contribution in [-0.2, 0) is 33.2 Å². The third-order valence-corrected chi connectivity index (χ3v) is 27.7. The number of rotatable bonds is 6. The van der Waals surface area contributed by atoms with Crippen molar-refractivity contribution in [2.45, 2.75) is 238 Å². The molecule has 0 saturated heterocycles. The number of allylic oxidation sites excluding steroid dienone is 3. The summed E-state index contributed by atoms with van der Waals surface area (Å²) in [4.78, 5) is 9.00. The van der Waals surface area contributed by atoms with E-state index in [9.17, 15) is 0 Å². The molecule has 0 aromatic heterocycles. The lowest BCUT2D eigenvalue weighted by atomic mass is 9.43. The van der Waals surface area contributed by atoms with Crippen LogP contribution in [0.15, 0.2) is 36.5 Å². The van der Waals surface area contributed by atoms with Crippen LogP contribution in [0, 0.1) is 104 Å². The van der Waals surface area contributed by atoms with Crippen molar-refractivity contribution in [1.82, 2.24) is 0 Å². The third-order valence-electron chi connectivity index (χ3n) is 27.7. The van der Waals surface area contributed by atoms with Gasteiger partial charge in [-0.3, -0.25) is 4.79 Å². The van der Waals surface area contributed by atoms with Crippen molar-refractivity contribution >= 4 is 18.4 Å². The lowest BCUT2D eigenvalue weighted by Crippen LogP contribution is -2.65. The molecule has 0 bridgehead atoms. The van der Waals surface area contributed by atoms with Crippen molar-refractivity contribution in [1.29, 1.82) is 0 Å². The van der Waals surface area contributed by atoms with E-state index in [1.54, 1.807) is 0 Å². The van der Waals surface area contributed by atoms with Gasteiger partial charge in [0.15, 0.2) is 0 Å². The van der Waals surface area contributed by atoms with E-state index in [2.05, 4.69) is 61.3 Å². The number of halogens is 1. The van der Waals surface area contributed by atoms with Crippen LogP contribution in [0.5, 0.6) is 0 Å². The molecule has 12 aliphatic carbocycles. The second-order valence-corrected chi connectivity index (χ2v) is 30.3. The van der Waals surface area contributed by atoms with E-state index in [-0.39, 0.29) is 49.0 Å². The highest BCUT2D eigenvalue weighted by Gasteiger charge is 2.68. The average molecular weight is 1140 g/mol. The highest BCUT2D eigenvalue weighted by atomic mass is 35.5. The first-order valence-electron chi connectivity index (χ1n) is 32.0. The third kappa shape index (κ3) is 10.4. The lowest BCUT2D eigenvalue weighted by Gasteiger charge is -2.64. The molecule has 0 heterocycles. The zero-order chi connectivity index (χ0) is 57.5. The van der Waals surface area contributed by atoms with Gasteiger partial charge >= 0.3 is 0 Å². The first-order chi connectivity index (χ1) is 37.3. The second-order valence-electron chi connectivity index (χ2n) is 30.3. The van der Waals surface area contributed by atoms with E-state index in [0.29, 0.717) is 104 Å². The van der Waals surface area contributed by atoms with Crippen LogP contribution in [-0.4, -0.2) is 108 Å². The zero-order valence-corrected chi connectivity index (χ0v) is 53.4. The van der Waals surface area contributed by atoms with Gasteiger partial charge in [-0.15, -0.1) is 12.4 Å². The maximum atomic E-state index is 9.00. The molecule has 27 atom stereocenters. The van der Waals surface area contributed by atoms with Crippen LogP contribution >= 0.6 is 12.4 Å². The van der Waals surface area contributed by atoms with Crippen LogP contribution in [0.1, 0.15) is 183 Å². The van der Waals surface area contributed by atoms with Gasteiger partial charge in [-0.1, -0.05) is 78.0 Å². The van der Waals surface area contributed by atoms with Gasteiger partial charge < -0.3 is 50.7 Å². The van der Waals surface area contributed by atoms with Crippen LogP contribution < -0.4 is 17.2 Å². The minimum absolute atomic E-state index is 0. The van der Waals surface area contributed by atoms with E-state index < -0.39 is 5.97 Å². The fourth-order valence-corrected chi connectivity index (χ4v) is 23.2. The molecule has 12 aliphatic rings. The number of carboxylic acid groups (broad SMARTS) is 1. The number of carboxylic acids is 1. The van der Waals surface area contributed by atoms with Gasteiger partial charge in [0.1, 0.15) is 0 Å². The molecule has 12 fully saturated rings. The first kappa shape index (κ1) is 64.6. The number of hydrogen-bond donors (Lipinski definition) is 4. The van der Waals surface area contributed by atoms with Crippen LogP contribution in [0.25, 0.3) is 0 Å². The van der Waals surface area contributed by atoms with Gasteiger partial charge in [0.25, 0.3) is 5.97 Å². The van der Waals surface area contributed by atoms with Gasteiger partial charge in [0, 0.05) is 67.7 Å². The van der Waals surface area contributed by atoms with Crippen LogP contribution in [0.4, 0.5) is 0 Å². The molecule has 11 nitrogen and oxygen atoms in total. The van der Waals surface area contributed by atoms with E-state index in [0.717, 1.165) is 43.9 Å². The van der Waals surface area contributed by atoms with Crippen LogP contribution in [0.2, 0.25) is 0 Å². The molecular weight excluding hydrogens is 1020 g/mol. The highest BCUT2D eigenvalue weighted by molar-refractivity contribution is 5.85. The largest absolute Gasteiger partial charge is 0.481 e. The SMILES string of the molecule is C=C1CCC2C3C(CC[C@]12C)[C@@]1(C)CC[C@@H](N)CC1[C@@H](OC)[C@@H]3OC.C=C1CCC2C3C(CC[C@]12C)[C@@]1(C)CC[C@@H](N)CC1[C@@H](OC)[C@@H]3OC.C=C1CCC2C3C(CC[C@]12C)[C@@]1(C)CC[C@@H](N)CC1[C@@H](OC)[C@@H]3OC.CC(=O)O.Cl. The Bertz CT molecular complexity index is 1980. The molecule has 12 rings (SSSR count). The number of methoxy groups -OCH3 is 6. The summed E-state index contributed by atoms with van der Waals surface area (Å²) in [6.07, 6.45) is 27.0. The van der Waals surface area contributed by atoms with Crippen LogP contribution in [0.3, 0.4) is 0 Å². The Morgan fingerprint density at radius 1 is 0.400 bits per heavy atom. The summed E-state index contributed by atoms with van der Waals surface area (Å²) < 4.78 is 37.0. The molecule has 12 saturated carbocycles. The Morgan fingerprint density at radius 3 is 0.838 bits per heavy atom. The van der Waals surface area contributed by atoms with E-state index in [1.807, 2.05) is 42.7 Å². The monoisotopic (exact) mass is 1140 g/mol. The minimum atomic E-state index is -0.833. The number of fused-ring (bicyclic) bond motifs is 15. The van der Waals surface area contributed by atoms with Crippen molar-refractivity contribution in [2.24, 2.45) is 121 Å². The molecule has 0 amide bonds. The quantitative estimate of drug-likeness (QED) is 0.187. The summed E-state index contributed by atoms with van der Waals surface area (Å²) >= 11 is 0. The van der Waals surface area contributed by atoms with Crippen molar-refractivity contribution in [2.75, 3.05) is 42.7 Å². The first-order valence-corrected chi connectivity index (χ1v) is 32.0. The summed E-state index contributed by atoms with van der Waals surface area (Å²) in [6.45, 7) is 29.5. The van der Waals surface area contributed by atoms with Gasteiger partial charge in [-0.05, 0) is 238 Å². The number of carbonyl (C=O) groups is 1. The number of aliphatic carboxylic acids is 1. The van der Waals surface area contributed by atoms with Crippen molar-refractivity contribution in [3.8, 4) is 0 Å². The Kier molecular flexibility index (Phi) is 19.7. The van der Waals surface area contributed by atoms with E-state index >= 15 is 0 Å². The minimum Gasteiger partial charge on any atom is -0.481 e. The normalized spacial score (nSPS) is 52.2. The summed E-state index contributed by atoms with van der Waals surface area (Å²) in [5.41, 5.74) is 25.6. The molecule has 12 unspecified atom stereocenters. The number of nitrogens with two attached hydrogens (primary N) is 3. The standard InChI is InChI=1S/3C22H37NO2.C2H4O2.ClH/c3*1-13-6-7-15-18-16(9-11-21(13,15)2)22(3)10-8-14(23)12-17(22)19(24-4)20(18)25-5;1-2(3)4;/h3*14-20H,1,6-12,23H2,2-5H3;1H3,(H,3,4);1H/t3*14-,15?,16?,17?,18?,19-,20-,21-,22-;;/m111../s1. The fraction of sp³-hybridized carbons (Fsp3) is 0.897. The van der Waals surface area contributed by atoms with E-state index in [1.165, 1.54) is 132 Å². The maximum Gasteiger partial charge on any atom is 0.300 e. The van der Waals surface area contributed by atoms with Crippen molar-refractivity contribution in [3.63, 3.8) is 0 Å². The molecular formula is C68H116ClN3O8.